The Morgan fingerprint density at radius 3 is 2.41 bits per heavy atom. The molecule has 0 spiro atoms. The van der Waals surface area contributed by atoms with Gasteiger partial charge in [0.25, 0.3) is 5.91 Å². The minimum atomic E-state index is -1.33. The average Bonchev–Trinajstić information content (AvgIpc) is 3.49. The summed E-state index contributed by atoms with van der Waals surface area (Å²) in [6.07, 6.45) is 6.16. The summed E-state index contributed by atoms with van der Waals surface area (Å²) in [7, 11) is 0. The van der Waals surface area contributed by atoms with E-state index in [0.717, 1.165) is 66.4 Å². The quantitative estimate of drug-likeness (QED) is 0.0766. The van der Waals surface area contributed by atoms with Crippen LogP contribution in [0.1, 0.15) is 77.0 Å². The first-order valence-electron chi connectivity index (χ1n) is 18.8. The minimum Gasteiger partial charge on any atom is -0.611 e. The molecule has 0 radical (unpaired) electrons. The second-order valence-corrected chi connectivity index (χ2v) is 15.7. The van der Waals surface area contributed by atoms with Gasteiger partial charge in [-0.3, -0.25) is 9.59 Å². The SMILES string of the molecule is CCCCOCCOc1ccc(-c2ccc3c(c2)/C=C(/C(=O)Nc2ccc([S@@+]([O-])Cc4nnc(C)n4CCC)cc2)CCCN3CC(C)(C)C(=O)O)cc1. The highest BCUT2D eigenvalue weighted by Gasteiger charge is 2.31. The molecule has 5 rings (SSSR count). The molecule has 2 heterocycles. The van der Waals surface area contributed by atoms with Crippen LogP contribution in [0.2, 0.25) is 0 Å². The van der Waals surface area contributed by atoms with Crippen molar-refractivity contribution in [2.24, 2.45) is 5.41 Å². The zero-order chi connectivity index (χ0) is 38.7. The van der Waals surface area contributed by atoms with E-state index in [-0.39, 0.29) is 11.7 Å². The number of nitrogens with one attached hydrogen (secondary N) is 1. The van der Waals surface area contributed by atoms with Gasteiger partial charge in [0.1, 0.15) is 18.2 Å². The van der Waals surface area contributed by atoms with E-state index in [2.05, 4.69) is 40.3 Å². The van der Waals surface area contributed by atoms with Gasteiger partial charge in [0, 0.05) is 43.2 Å². The lowest BCUT2D eigenvalue weighted by Crippen LogP contribution is -2.40. The molecule has 0 aliphatic carbocycles. The number of benzene rings is 3. The number of carbonyl (C=O) groups excluding carboxylic acids is 1. The van der Waals surface area contributed by atoms with Gasteiger partial charge in [-0.1, -0.05) is 38.5 Å². The minimum absolute atomic E-state index is 0.220. The lowest BCUT2D eigenvalue weighted by Gasteiger charge is -2.34. The number of hydrogen-bond donors (Lipinski definition) is 2. The Labute approximate surface area is 322 Å². The summed E-state index contributed by atoms with van der Waals surface area (Å²) in [5, 5.41) is 21.4. The molecule has 4 aromatic rings. The van der Waals surface area contributed by atoms with Gasteiger partial charge in [0.15, 0.2) is 16.5 Å². The van der Waals surface area contributed by atoms with E-state index in [4.69, 9.17) is 9.47 Å². The van der Waals surface area contributed by atoms with E-state index in [1.165, 1.54) is 0 Å². The molecule has 2 N–H and O–H groups in total. The summed E-state index contributed by atoms with van der Waals surface area (Å²) in [6.45, 7) is 13.0. The molecule has 3 aromatic carbocycles. The zero-order valence-electron chi connectivity index (χ0n) is 32.1. The lowest BCUT2D eigenvalue weighted by atomic mass is 9.91. The molecule has 0 bridgehead atoms. The maximum absolute atomic E-state index is 13.8. The van der Waals surface area contributed by atoms with Crippen molar-refractivity contribution in [1.29, 1.82) is 0 Å². The number of nitrogens with zero attached hydrogens (tertiary/aromatic N) is 4. The second-order valence-electron chi connectivity index (χ2n) is 14.3. The Bertz CT molecular complexity index is 1890. The molecule has 12 heteroatoms. The third-order valence-corrected chi connectivity index (χ3v) is 10.8. The number of carboxylic acids is 1. The van der Waals surface area contributed by atoms with Crippen molar-refractivity contribution in [2.45, 2.75) is 83.9 Å². The Morgan fingerprint density at radius 2 is 1.70 bits per heavy atom. The molecular weight excluding hydrogens is 703 g/mol. The predicted octanol–water partition coefficient (Wildman–Crippen LogP) is 7.90. The van der Waals surface area contributed by atoms with Gasteiger partial charge >= 0.3 is 5.97 Å². The van der Waals surface area contributed by atoms with E-state index in [0.29, 0.717) is 61.1 Å². The third-order valence-electron chi connectivity index (χ3n) is 9.45. The molecule has 11 nitrogen and oxygen atoms in total. The molecule has 288 valence electrons. The van der Waals surface area contributed by atoms with Gasteiger partial charge in [0.05, 0.1) is 12.0 Å². The fourth-order valence-electron chi connectivity index (χ4n) is 6.33. The first-order valence-corrected chi connectivity index (χ1v) is 20.1. The van der Waals surface area contributed by atoms with E-state index in [1.54, 1.807) is 38.1 Å². The van der Waals surface area contributed by atoms with Crippen molar-refractivity contribution in [2.75, 3.05) is 43.1 Å². The number of fused-ring (bicyclic) bond motifs is 1. The summed E-state index contributed by atoms with van der Waals surface area (Å²) < 4.78 is 26.7. The predicted molar refractivity (Wildman–Crippen MR) is 214 cm³/mol. The third kappa shape index (κ3) is 10.7. The van der Waals surface area contributed by atoms with E-state index in [9.17, 15) is 19.2 Å². The number of rotatable bonds is 18. The van der Waals surface area contributed by atoms with Crippen molar-refractivity contribution in [3.8, 4) is 16.9 Å². The Balaban J connectivity index is 1.34. The van der Waals surface area contributed by atoms with E-state index in [1.807, 2.05) is 54.0 Å². The Kier molecular flexibility index (Phi) is 14.3. The molecular formula is C42H53N5O6S. The van der Waals surface area contributed by atoms with Crippen molar-refractivity contribution >= 4 is 40.5 Å². The molecule has 1 aliphatic heterocycles. The van der Waals surface area contributed by atoms with Gasteiger partial charge in [-0.05, 0) is 129 Å². The van der Waals surface area contributed by atoms with Gasteiger partial charge in [0.2, 0.25) is 0 Å². The fourth-order valence-corrected chi connectivity index (χ4v) is 7.38. The van der Waals surface area contributed by atoms with Crippen molar-refractivity contribution in [3.05, 3.63) is 89.5 Å². The molecule has 0 unspecified atom stereocenters. The summed E-state index contributed by atoms with van der Waals surface area (Å²) in [4.78, 5) is 28.7. The van der Waals surface area contributed by atoms with Crippen molar-refractivity contribution in [3.63, 3.8) is 0 Å². The van der Waals surface area contributed by atoms with Crippen LogP contribution < -0.4 is 15.0 Å². The smallest absolute Gasteiger partial charge is 0.310 e. The van der Waals surface area contributed by atoms with Gasteiger partial charge < -0.3 is 33.9 Å². The first kappa shape index (κ1) is 40.5. The highest BCUT2D eigenvalue weighted by molar-refractivity contribution is 7.90. The van der Waals surface area contributed by atoms with Gasteiger partial charge in [-0.15, -0.1) is 10.2 Å². The van der Waals surface area contributed by atoms with Crippen LogP contribution in [0.5, 0.6) is 5.75 Å². The summed E-state index contributed by atoms with van der Waals surface area (Å²) >= 11 is -1.33. The highest BCUT2D eigenvalue weighted by Crippen LogP contribution is 2.35. The van der Waals surface area contributed by atoms with Crippen LogP contribution in [0.25, 0.3) is 17.2 Å². The number of amides is 1. The number of carbonyl (C=O) groups is 2. The number of aryl methyl sites for hydroxylation is 1. The van der Waals surface area contributed by atoms with Crippen LogP contribution in [0.3, 0.4) is 0 Å². The Hall–Kier alpha value is -4.65. The maximum Gasteiger partial charge on any atom is 0.310 e. The van der Waals surface area contributed by atoms with Gasteiger partial charge in [-0.2, -0.15) is 0 Å². The van der Waals surface area contributed by atoms with Crippen molar-refractivity contribution in [1.82, 2.24) is 14.8 Å². The largest absolute Gasteiger partial charge is 0.611 e. The molecule has 1 amide bonds. The van der Waals surface area contributed by atoms with Crippen molar-refractivity contribution < 1.29 is 28.7 Å². The molecule has 0 saturated heterocycles. The number of unbranched alkanes of at least 4 members (excludes halogenated alkanes) is 1. The molecule has 1 atom stereocenters. The van der Waals surface area contributed by atoms with E-state index >= 15 is 0 Å². The molecule has 0 fully saturated rings. The number of ether oxygens (including phenoxy) is 2. The topological polar surface area (TPSA) is 142 Å². The number of carboxylic acid groups (broad SMARTS) is 1. The zero-order valence-corrected chi connectivity index (χ0v) is 32.9. The van der Waals surface area contributed by atoms with E-state index < -0.39 is 22.6 Å². The number of aromatic nitrogens is 3. The molecule has 1 aromatic heterocycles. The summed E-state index contributed by atoms with van der Waals surface area (Å²) in [6, 6.07) is 21.1. The highest BCUT2D eigenvalue weighted by atomic mass is 32.2. The average molecular weight is 756 g/mol. The van der Waals surface area contributed by atoms with Crippen LogP contribution in [0, 0.1) is 12.3 Å². The number of anilines is 2. The standard InChI is InChI=1S/C42H53N5O6S/c1-6-8-23-52-24-25-53-36-16-11-31(12-17-36)32-13-20-38-34(26-32)27-33(10-9-22-46(38)29-42(4,5)41(49)50)40(48)43-35-14-18-37(19-15-35)54(51)28-39-45-44-30(3)47(39)21-7-2/h11-20,26-27H,6-10,21-25,28-29H2,1-5H3,(H,43,48)(H,49,50)/b33-27+/t54-/m0/s1. The maximum atomic E-state index is 13.8. The molecule has 1 aliphatic rings. The number of hydrogen-bond acceptors (Lipinski definition) is 8. The fraction of sp³-hybridized carbons (Fsp3) is 0.429. The number of aliphatic carboxylic acids is 1. The van der Waals surface area contributed by atoms with Crippen LogP contribution >= 0.6 is 0 Å². The Morgan fingerprint density at radius 1 is 0.963 bits per heavy atom. The summed E-state index contributed by atoms with van der Waals surface area (Å²) in [5.74, 6) is 1.44. The lowest BCUT2D eigenvalue weighted by molar-refractivity contribution is -0.146. The van der Waals surface area contributed by atoms with Crippen LogP contribution in [-0.2, 0) is 37.8 Å². The molecule has 54 heavy (non-hydrogen) atoms. The first-order chi connectivity index (χ1) is 26.0. The summed E-state index contributed by atoms with van der Waals surface area (Å²) in [5.41, 5.74) is 3.90. The monoisotopic (exact) mass is 755 g/mol. The van der Waals surface area contributed by atoms with Crippen LogP contribution in [-0.4, -0.2) is 69.2 Å². The normalized spacial score (nSPS) is 14.7. The van der Waals surface area contributed by atoms with Gasteiger partial charge in [-0.25, -0.2) is 0 Å². The van der Waals surface area contributed by atoms with Crippen LogP contribution in [0.4, 0.5) is 11.4 Å². The van der Waals surface area contributed by atoms with Crippen LogP contribution in [0.15, 0.2) is 77.2 Å². The molecule has 0 saturated carbocycles. The second kappa shape index (κ2) is 19.1.